The molecule has 19 heavy (non-hydrogen) atoms. The van der Waals surface area contributed by atoms with Crippen LogP contribution in [0.3, 0.4) is 0 Å². The van der Waals surface area contributed by atoms with Crippen LogP contribution in [0.2, 0.25) is 0 Å². The SMILES string of the molecule is CN(CC1(O)CCCC1)c1nc(N)nc2nc[nH]c12. The van der Waals surface area contributed by atoms with Gasteiger partial charge in [-0.1, -0.05) is 12.8 Å². The Kier molecular flexibility index (Phi) is 2.78. The fourth-order valence-electron chi connectivity index (χ4n) is 2.82. The highest BCUT2D eigenvalue weighted by molar-refractivity contribution is 5.84. The van der Waals surface area contributed by atoms with Gasteiger partial charge in [0.15, 0.2) is 11.5 Å². The fraction of sp³-hybridized carbons (Fsp3) is 0.583. The van der Waals surface area contributed by atoms with Crippen molar-refractivity contribution < 1.29 is 5.11 Å². The molecular weight excluding hydrogens is 244 g/mol. The van der Waals surface area contributed by atoms with E-state index in [1.807, 2.05) is 11.9 Å². The molecule has 3 rings (SSSR count). The maximum Gasteiger partial charge on any atom is 0.224 e. The Morgan fingerprint density at radius 3 is 2.89 bits per heavy atom. The molecule has 0 bridgehead atoms. The average Bonchev–Trinajstić information content (AvgIpc) is 2.96. The third-order valence-electron chi connectivity index (χ3n) is 3.71. The van der Waals surface area contributed by atoms with Crippen molar-refractivity contribution in [3.63, 3.8) is 0 Å². The number of likely N-dealkylation sites (N-methyl/N-ethyl adjacent to an activating group) is 1. The lowest BCUT2D eigenvalue weighted by molar-refractivity contribution is 0.0558. The van der Waals surface area contributed by atoms with Crippen LogP contribution >= 0.6 is 0 Å². The summed E-state index contributed by atoms with van der Waals surface area (Å²) in [6.07, 6.45) is 5.40. The molecule has 102 valence electrons. The van der Waals surface area contributed by atoms with E-state index in [9.17, 15) is 5.11 Å². The topological polar surface area (TPSA) is 104 Å². The Bertz CT molecular complexity index is 589. The van der Waals surface area contributed by atoms with Crippen LogP contribution in [0.4, 0.5) is 11.8 Å². The van der Waals surface area contributed by atoms with E-state index in [-0.39, 0.29) is 5.95 Å². The van der Waals surface area contributed by atoms with E-state index in [0.29, 0.717) is 18.0 Å². The summed E-state index contributed by atoms with van der Waals surface area (Å²) < 4.78 is 0. The number of fused-ring (bicyclic) bond motifs is 1. The highest BCUT2D eigenvalue weighted by atomic mass is 16.3. The van der Waals surface area contributed by atoms with Crippen LogP contribution in [0.5, 0.6) is 0 Å². The Morgan fingerprint density at radius 1 is 1.42 bits per heavy atom. The molecule has 2 heterocycles. The molecule has 0 unspecified atom stereocenters. The molecule has 4 N–H and O–H groups in total. The first kappa shape index (κ1) is 12.2. The number of nitrogens with one attached hydrogen (secondary N) is 1. The van der Waals surface area contributed by atoms with Crippen molar-refractivity contribution in [2.45, 2.75) is 31.3 Å². The zero-order valence-electron chi connectivity index (χ0n) is 10.9. The lowest BCUT2D eigenvalue weighted by atomic mass is 10.0. The first-order chi connectivity index (χ1) is 9.07. The van der Waals surface area contributed by atoms with E-state index in [2.05, 4.69) is 19.9 Å². The van der Waals surface area contributed by atoms with Gasteiger partial charge in [0.2, 0.25) is 5.95 Å². The van der Waals surface area contributed by atoms with Gasteiger partial charge in [0.25, 0.3) is 0 Å². The number of nitrogen functional groups attached to an aromatic ring is 1. The lowest BCUT2D eigenvalue weighted by Gasteiger charge is -2.29. The van der Waals surface area contributed by atoms with Crippen molar-refractivity contribution in [1.82, 2.24) is 19.9 Å². The number of aliphatic hydroxyl groups is 1. The Hall–Kier alpha value is -1.89. The first-order valence-electron chi connectivity index (χ1n) is 6.47. The van der Waals surface area contributed by atoms with Gasteiger partial charge in [-0.25, -0.2) is 4.98 Å². The quantitative estimate of drug-likeness (QED) is 0.751. The number of nitrogens with zero attached hydrogens (tertiary/aromatic N) is 4. The third-order valence-corrected chi connectivity index (χ3v) is 3.71. The second-order valence-corrected chi connectivity index (χ2v) is 5.29. The van der Waals surface area contributed by atoms with Crippen molar-refractivity contribution in [3.05, 3.63) is 6.33 Å². The van der Waals surface area contributed by atoms with E-state index >= 15 is 0 Å². The van der Waals surface area contributed by atoms with Crippen LogP contribution in [-0.2, 0) is 0 Å². The molecule has 1 aliphatic carbocycles. The van der Waals surface area contributed by atoms with Gasteiger partial charge in [-0.15, -0.1) is 0 Å². The zero-order chi connectivity index (χ0) is 13.5. The predicted molar refractivity (Wildman–Crippen MR) is 72.8 cm³/mol. The summed E-state index contributed by atoms with van der Waals surface area (Å²) in [5.74, 6) is 0.875. The van der Waals surface area contributed by atoms with E-state index in [0.717, 1.165) is 31.2 Å². The number of nitrogens with two attached hydrogens (primary N) is 1. The molecule has 0 atom stereocenters. The van der Waals surface area contributed by atoms with Crippen molar-refractivity contribution in [3.8, 4) is 0 Å². The predicted octanol–water partition coefficient (Wildman–Crippen LogP) is 0.676. The van der Waals surface area contributed by atoms with Crippen LogP contribution in [-0.4, -0.2) is 44.2 Å². The van der Waals surface area contributed by atoms with Gasteiger partial charge in [0, 0.05) is 13.6 Å². The third kappa shape index (κ3) is 2.21. The van der Waals surface area contributed by atoms with Crippen molar-refractivity contribution >= 4 is 22.9 Å². The summed E-state index contributed by atoms with van der Waals surface area (Å²) in [5, 5.41) is 10.5. The van der Waals surface area contributed by atoms with Crippen LogP contribution < -0.4 is 10.6 Å². The maximum atomic E-state index is 10.5. The smallest absolute Gasteiger partial charge is 0.224 e. The minimum absolute atomic E-state index is 0.194. The summed E-state index contributed by atoms with van der Waals surface area (Å²) in [7, 11) is 1.90. The second kappa shape index (κ2) is 4.34. The van der Waals surface area contributed by atoms with E-state index in [1.165, 1.54) is 0 Å². The second-order valence-electron chi connectivity index (χ2n) is 5.29. The lowest BCUT2D eigenvalue weighted by Crippen LogP contribution is -2.39. The minimum Gasteiger partial charge on any atom is -0.388 e. The van der Waals surface area contributed by atoms with Gasteiger partial charge >= 0.3 is 0 Å². The molecule has 0 aliphatic heterocycles. The molecule has 0 radical (unpaired) electrons. The summed E-state index contributed by atoms with van der Waals surface area (Å²) >= 11 is 0. The van der Waals surface area contributed by atoms with Gasteiger partial charge in [-0.2, -0.15) is 9.97 Å². The largest absolute Gasteiger partial charge is 0.388 e. The average molecular weight is 262 g/mol. The Balaban J connectivity index is 1.92. The Morgan fingerprint density at radius 2 is 2.16 bits per heavy atom. The number of imidazole rings is 1. The summed E-state index contributed by atoms with van der Waals surface area (Å²) in [6, 6.07) is 0. The Labute approximate surface area is 110 Å². The normalized spacial score (nSPS) is 18.0. The first-order valence-corrected chi connectivity index (χ1v) is 6.47. The fourth-order valence-corrected chi connectivity index (χ4v) is 2.82. The van der Waals surface area contributed by atoms with Crippen molar-refractivity contribution in [2.24, 2.45) is 0 Å². The van der Waals surface area contributed by atoms with E-state index in [1.54, 1.807) is 6.33 Å². The highest BCUT2D eigenvalue weighted by Gasteiger charge is 2.33. The van der Waals surface area contributed by atoms with Crippen molar-refractivity contribution in [1.29, 1.82) is 0 Å². The highest BCUT2D eigenvalue weighted by Crippen LogP contribution is 2.31. The molecule has 7 nitrogen and oxygen atoms in total. The molecule has 1 saturated carbocycles. The minimum atomic E-state index is -0.624. The number of hydrogen-bond acceptors (Lipinski definition) is 6. The summed E-state index contributed by atoms with van der Waals surface area (Å²) in [5.41, 5.74) is 6.37. The number of hydrogen-bond donors (Lipinski definition) is 3. The van der Waals surface area contributed by atoms with Gasteiger partial charge in [-0.05, 0) is 12.8 Å². The van der Waals surface area contributed by atoms with E-state index in [4.69, 9.17) is 5.73 Å². The molecule has 0 amide bonds. The standard InChI is InChI=1S/C12H18N6O/c1-18(6-12(19)4-2-3-5-12)10-8-9(15-7-14-8)16-11(13)17-10/h7,19H,2-6H2,1H3,(H3,13,14,15,16,17). The number of aromatic nitrogens is 4. The zero-order valence-corrected chi connectivity index (χ0v) is 10.9. The van der Waals surface area contributed by atoms with Gasteiger partial charge in [0.05, 0.1) is 11.9 Å². The van der Waals surface area contributed by atoms with Crippen LogP contribution in [0, 0.1) is 0 Å². The number of H-pyrrole nitrogens is 1. The monoisotopic (exact) mass is 262 g/mol. The van der Waals surface area contributed by atoms with E-state index < -0.39 is 5.60 Å². The van der Waals surface area contributed by atoms with Crippen LogP contribution in [0.1, 0.15) is 25.7 Å². The van der Waals surface area contributed by atoms with Crippen LogP contribution in [0.15, 0.2) is 6.33 Å². The number of anilines is 2. The number of aromatic amines is 1. The van der Waals surface area contributed by atoms with Gasteiger partial charge in [0.1, 0.15) is 5.52 Å². The molecule has 0 saturated heterocycles. The molecule has 1 aliphatic rings. The maximum absolute atomic E-state index is 10.5. The van der Waals surface area contributed by atoms with Gasteiger partial charge < -0.3 is 20.7 Å². The number of rotatable bonds is 3. The van der Waals surface area contributed by atoms with Gasteiger partial charge in [-0.3, -0.25) is 0 Å². The molecule has 2 aromatic heterocycles. The molecule has 1 fully saturated rings. The molecule has 0 aromatic carbocycles. The van der Waals surface area contributed by atoms with Crippen LogP contribution in [0.25, 0.3) is 11.2 Å². The molecule has 7 heteroatoms. The van der Waals surface area contributed by atoms with Crippen molar-refractivity contribution in [2.75, 3.05) is 24.2 Å². The molecule has 2 aromatic rings. The summed E-state index contributed by atoms with van der Waals surface area (Å²) in [6.45, 7) is 0.539. The summed E-state index contributed by atoms with van der Waals surface area (Å²) in [4.78, 5) is 17.4. The molecule has 0 spiro atoms. The molecular formula is C12H18N6O.